The number of rotatable bonds is 4. The Kier molecular flexibility index (Phi) is 6.21. The Bertz CT molecular complexity index is 885. The molecule has 4 nitrogen and oxygen atoms in total. The van der Waals surface area contributed by atoms with Gasteiger partial charge in [-0.05, 0) is 91.5 Å². The molecule has 0 bridgehead atoms. The van der Waals surface area contributed by atoms with E-state index in [2.05, 4.69) is 49.1 Å². The fraction of sp³-hybridized carbons (Fsp3) is 0.158. The third-order valence-electron chi connectivity index (χ3n) is 3.75. The number of aryl methyl sites for hydroxylation is 1. The average molecular weight is 496 g/mol. The maximum absolute atomic E-state index is 12.2. The number of amides is 1. The van der Waals surface area contributed by atoms with Crippen molar-refractivity contribution in [3.63, 3.8) is 0 Å². The molecule has 1 aliphatic rings. The second kappa shape index (κ2) is 8.41. The van der Waals surface area contributed by atoms with Crippen molar-refractivity contribution >= 4 is 66.5 Å². The van der Waals surface area contributed by atoms with Crippen molar-refractivity contribution in [2.75, 3.05) is 7.11 Å². The molecule has 2 aromatic rings. The van der Waals surface area contributed by atoms with E-state index in [0.29, 0.717) is 15.8 Å². The van der Waals surface area contributed by atoms with Crippen molar-refractivity contribution in [3.05, 3.63) is 61.4 Å². The monoisotopic (exact) mass is 494 g/mol. The molecule has 1 saturated heterocycles. The standard InChI is InChI=1S/C19H16Br2N2O2S/c1-3-11-4-6-13(7-5-11)22-19-23-18(24)16(26-19)10-12-8-14(20)17(25-2)15(21)9-12/h4-10H,3H2,1-2H3,(H,22,23,24)/b16-10-. The van der Waals surface area contributed by atoms with E-state index < -0.39 is 0 Å². The number of carbonyl (C=O) groups is 1. The summed E-state index contributed by atoms with van der Waals surface area (Å²) in [6.07, 6.45) is 2.82. The molecule has 1 amide bonds. The number of halogens is 2. The highest BCUT2D eigenvalue weighted by Gasteiger charge is 2.24. The van der Waals surface area contributed by atoms with Crippen LogP contribution < -0.4 is 10.1 Å². The van der Waals surface area contributed by atoms with Crippen LogP contribution in [0.3, 0.4) is 0 Å². The first kappa shape index (κ1) is 19.2. The van der Waals surface area contributed by atoms with Gasteiger partial charge in [-0.15, -0.1) is 0 Å². The van der Waals surface area contributed by atoms with Crippen LogP contribution in [0.1, 0.15) is 18.1 Å². The maximum Gasteiger partial charge on any atom is 0.264 e. The molecule has 0 aliphatic carbocycles. The second-order valence-corrected chi connectivity index (χ2v) is 8.26. The van der Waals surface area contributed by atoms with E-state index in [9.17, 15) is 4.79 Å². The van der Waals surface area contributed by atoms with Crippen molar-refractivity contribution in [1.82, 2.24) is 5.32 Å². The predicted molar refractivity (Wildman–Crippen MR) is 115 cm³/mol. The summed E-state index contributed by atoms with van der Waals surface area (Å²) in [6, 6.07) is 11.8. The smallest absolute Gasteiger partial charge is 0.264 e. The first-order valence-electron chi connectivity index (χ1n) is 7.91. The number of hydrogen-bond donors (Lipinski definition) is 1. The summed E-state index contributed by atoms with van der Waals surface area (Å²) >= 11 is 8.28. The van der Waals surface area contributed by atoms with Crippen LogP contribution in [0, 0.1) is 0 Å². The van der Waals surface area contributed by atoms with Gasteiger partial charge in [-0.25, -0.2) is 4.99 Å². The highest BCUT2D eigenvalue weighted by atomic mass is 79.9. The van der Waals surface area contributed by atoms with Crippen LogP contribution in [0.15, 0.2) is 55.2 Å². The van der Waals surface area contributed by atoms with Crippen LogP contribution in [-0.2, 0) is 11.2 Å². The third-order valence-corrected chi connectivity index (χ3v) is 5.84. The highest BCUT2D eigenvalue weighted by Crippen LogP contribution is 2.36. The second-order valence-electron chi connectivity index (χ2n) is 5.52. The van der Waals surface area contributed by atoms with Gasteiger partial charge in [0, 0.05) is 0 Å². The molecule has 3 rings (SSSR count). The molecule has 26 heavy (non-hydrogen) atoms. The van der Waals surface area contributed by atoms with Crippen LogP contribution in [0.5, 0.6) is 5.75 Å². The minimum Gasteiger partial charge on any atom is -0.494 e. The van der Waals surface area contributed by atoms with Crippen molar-refractivity contribution < 1.29 is 9.53 Å². The molecule has 1 N–H and O–H groups in total. The van der Waals surface area contributed by atoms with Gasteiger partial charge in [0.15, 0.2) is 5.17 Å². The van der Waals surface area contributed by atoms with Gasteiger partial charge in [0.1, 0.15) is 5.75 Å². The number of carbonyl (C=O) groups excluding carboxylic acids is 1. The molecule has 0 unspecified atom stereocenters. The third kappa shape index (κ3) is 4.39. The number of methoxy groups -OCH3 is 1. The van der Waals surface area contributed by atoms with Gasteiger partial charge in [0.25, 0.3) is 5.91 Å². The number of ether oxygens (including phenoxy) is 1. The van der Waals surface area contributed by atoms with E-state index in [1.54, 1.807) is 7.11 Å². The van der Waals surface area contributed by atoms with Crippen LogP contribution >= 0.6 is 43.6 Å². The van der Waals surface area contributed by atoms with E-state index in [1.807, 2.05) is 42.5 Å². The molecule has 0 spiro atoms. The van der Waals surface area contributed by atoms with Gasteiger partial charge < -0.3 is 10.1 Å². The van der Waals surface area contributed by atoms with Crippen molar-refractivity contribution in [2.24, 2.45) is 4.99 Å². The Labute approximate surface area is 173 Å². The molecule has 0 radical (unpaired) electrons. The highest BCUT2D eigenvalue weighted by molar-refractivity contribution is 9.11. The van der Waals surface area contributed by atoms with Gasteiger partial charge >= 0.3 is 0 Å². The molecule has 134 valence electrons. The summed E-state index contributed by atoms with van der Waals surface area (Å²) in [6.45, 7) is 2.11. The first-order valence-corrected chi connectivity index (χ1v) is 10.3. The lowest BCUT2D eigenvalue weighted by atomic mass is 10.2. The number of hydrogen-bond acceptors (Lipinski definition) is 4. The molecule has 7 heteroatoms. The summed E-state index contributed by atoms with van der Waals surface area (Å²) in [5, 5.41) is 3.39. The minimum atomic E-state index is -0.151. The number of aliphatic imine (C=N–C) groups is 1. The zero-order chi connectivity index (χ0) is 18.7. The van der Waals surface area contributed by atoms with Crippen LogP contribution in [0.25, 0.3) is 6.08 Å². The van der Waals surface area contributed by atoms with Crippen molar-refractivity contribution in [2.45, 2.75) is 13.3 Å². The minimum absolute atomic E-state index is 0.151. The SMILES string of the molecule is CCc1ccc(N=C2NC(=O)/C(=C/c3cc(Br)c(OC)c(Br)c3)S2)cc1. The largest absolute Gasteiger partial charge is 0.494 e. The van der Waals surface area contributed by atoms with E-state index in [4.69, 9.17) is 4.74 Å². The van der Waals surface area contributed by atoms with Gasteiger partial charge in [0.2, 0.25) is 0 Å². The topological polar surface area (TPSA) is 50.7 Å². The summed E-state index contributed by atoms with van der Waals surface area (Å²) in [7, 11) is 1.61. The molecular weight excluding hydrogens is 480 g/mol. The quantitative estimate of drug-likeness (QED) is 0.555. The molecule has 2 aromatic carbocycles. The number of nitrogens with zero attached hydrogens (tertiary/aromatic N) is 1. The van der Waals surface area contributed by atoms with E-state index in [0.717, 1.165) is 26.6 Å². The van der Waals surface area contributed by atoms with Gasteiger partial charge in [-0.2, -0.15) is 0 Å². The van der Waals surface area contributed by atoms with Gasteiger partial charge in [0.05, 0.1) is 26.6 Å². The Hall–Kier alpha value is -1.57. The van der Waals surface area contributed by atoms with Crippen LogP contribution in [0.2, 0.25) is 0 Å². The molecule has 1 heterocycles. The molecule has 1 fully saturated rings. The maximum atomic E-state index is 12.2. The Morgan fingerprint density at radius 3 is 2.42 bits per heavy atom. The molecular formula is C19H16Br2N2O2S. The van der Waals surface area contributed by atoms with Crippen LogP contribution in [0.4, 0.5) is 5.69 Å². The number of nitrogens with one attached hydrogen (secondary N) is 1. The lowest BCUT2D eigenvalue weighted by molar-refractivity contribution is -0.115. The lowest BCUT2D eigenvalue weighted by Gasteiger charge is -2.07. The van der Waals surface area contributed by atoms with Crippen LogP contribution in [-0.4, -0.2) is 18.2 Å². The fourth-order valence-electron chi connectivity index (χ4n) is 2.41. The zero-order valence-electron chi connectivity index (χ0n) is 14.2. The lowest BCUT2D eigenvalue weighted by Crippen LogP contribution is -2.19. The van der Waals surface area contributed by atoms with E-state index in [1.165, 1.54) is 17.3 Å². The zero-order valence-corrected chi connectivity index (χ0v) is 18.2. The Morgan fingerprint density at radius 2 is 1.85 bits per heavy atom. The van der Waals surface area contributed by atoms with Crippen molar-refractivity contribution in [1.29, 1.82) is 0 Å². The molecule has 1 aliphatic heterocycles. The molecule has 0 atom stereocenters. The number of amidine groups is 1. The summed E-state index contributed by atoms with van der Waals surface area (Å²) in [5.74, 6) is 0.565. The average Bonchev–Trinajstić information content (AvgIpc) is 2.94. The summed E-state index contributed by atoms with van der Waals surface area (Å²) < 4.78 is 6.93. The Morgan fingerprint density at radius 1 is 1.19 bits per heavy atom. The summed E-state index contributed by atoms with van der Waals surface area (Å²) in [4.78, 5) is 17.3. The normalized spacial score (nSPS) is 17.0. The van der Waals surface area contributed by atoms with E-state index in [-0.39, 0.29) is 5.91 Å². The van der Waals surface area contributed by atoms with Gasteiger partial charge in [-0.1, -0.05) is 19.1 Å². The fourth-order valence-corrected chi connectivity index (χ4v) is 4.80. The van der Waals surface area contributed by atoms with Gasteiger partial charge in [-0.3, -0.25) is 4.79 Å². The van der Waals surface area contributed by atoms with E-state index >= 15 is 0 Å². The Balaban J connectivity index is 1.83. The first-order chi connectivity index (χ1) is 12.5. The molecule has 0 saturated carbocycles. The molecule has 0 aromatic heterocycles. The number of thioether (sulfide) groups is 1. The predicted octanol–water partition coefficient (Wildman–Crippen LogP) is 5.67. The summed E-state index contributed by atoms with van der Waals surface area (Å²) in [5.41, 5.74) is 2.96. The van der Waals surface area contributed by atoms with Crippen molar-refractivity contribution in [3.8, 4) is 5.75 Å². The number of benzene rings is 2.